The van der Waals surface area contributed by atoms with E-state index >= 15 is 0 Å². The second-order valence-electron chi connectivity index (χ2n) is 2.93. The summed E-state index contributed by atoms with van der Waals surface area (Å²) in [6.45, 7) is 0. The molecule has 0 saturated carbocycles. The standard InChI is InChI=1S/C11H11NO2/c13-10-6-2-1-5-9(10)12-11-7-3-4-8-14-11/h1-8,11-13H. The monoisotopic (exact) mass is 189 g/mol. The van der Waals surface area contributed by atoms with Crippen molar-refractivity contribution in [1.29, 1.82) is 0 Å². The summed E-state index contributed by atoms with van der Waals surface area (Å²) < 4.78 is 5.25. The van der Waals surface area contributed by atoms with Gasteiger partial charge >= 0.3 is 0 Å². The third-order valence-corrected chi connectivity index (χ3v) is 1.90. The zero-order valence-corrected chi connectivity index (χ0v) is 7.55. The number of nitrogens with one attached hydrogen (secondary N) is 1. The van der Waals surface area contributed by atoms with Gasteiger partial charge in [0, 0.05) is 0 Å². The van der Waals surface area contributed by atoms with Crippen molar-refractivity contribution in [2.45, 2.75) is 6.23 Å². The molecule has 2 N–H and O–H groups in total. The van der Waals surface area contributed by atoms with E-state index in [0.717, 1.165) is 0 Å². The van der Waals surface area contributed by atoms with Gasteiger partial charge in [-0.15, -0.1) is 0 Å². The van der Waals surface area contributed by atoms with Crippen molar-refractivity contribution < 1.29 is 9.84 Å². The molecule has 3 heteroatoms. The van der Waals surface area contributed by atoms with Crippen LogP contribution >= 0.6 is 0 Å². The molecule has 2 rings (SSSR count). The lowest BCUT2D eigenvalue weighted by Crippen LogP contribution is -2.19. The molecule has 3 nitrogen and oxygen atoms in total. The average molecular weight is 189 g/mol. The lowest BCUT2D eigenvalue weighted by atomic mass is 10.3. The van der Waals surface area contributed by atoms with Gasteiger partial charge in [-0.2, -0.15) is 0 Å². The number of hydrogen-bond acceptors (Lipinski definition) is 3. The van der Waals surface area contributed by atoms with Crippen LogP contribution in [0.4, 0.5) is 5.69 Å². The molecule has 1 aliphatic rings. The van der Waals surface area contributed by atoms with Crippen LogP contribution in [0.25, 0.3) is 0 Å². The number of phenols is 1. The van der Waals surface area contributed by atoms with Crippen molar-refractivity contribution in [1.82, 2.24) is 0 Å². The Labute approximate surface area is 82.3 Å². The molecule has 1 aliphatic heterocycles. The summed E-state index contributed by atoms with van der Waals surface area (Å²) in [7, 11) is 0. The highest BCUT2D eigenvalue weighted by molar-refractivity contribution is 5.56. The summed E-state index contributed by atoms with van der Waals surface area (Å²) in [5, 5.41) is 12.5. The van der Waals surface area contributed by atoms with Gasteiger partial charge in [-0.1, -0.05) is 18.2 Å². The first-order valence-corrected chi connectivity index (χ1v) is 4.39. The van der Waals surface area contributed by atoms with Gasteiger partial charge in [0.25, 0.3) is 0 Å². The molecule has 0 aliphatic carbocycles. The molecule has 14 heavy (non-hydrogen) atoms. The summed E-state index contributed by atoms with van der Waals surface area (Å²) in [4.78, 5) is 0. The number of benzene rings is 1. The molecule has 0 radical (unpaired) electrons. The molecule has 1 heterocycles. The maximum atomic E-state index is 9.48. The van der Waals surface area contributed by atoms with Gasteiger partial charge in [-0.05, 0) is 24.3 Å². The Bertz CT molecular complexity index is 371. The number of para-hydroxylation sites is 2. The van der Waals surface area contributed by atoms with Crippen LogP contribution in [-0.2, 0) is 4.74 Å². The quantitative estimate of drug-likeness (QED) is 0.701. The third kappa shape index (κ3) is 1.88. The molecule has 72 valence electrons. The molecule has 0 saturated heterocycles. The second kappa shape index (κ2) is 3.87. The van der Waals surface area contributed by atoms with E-state index < -0.39 is 0 Å². The molecule has 1 aromatic carbocycles. The molecule has 0 fully saturated rings. The molecule has 0 amide bonds. The van der Waals surface area contributed by atoms with Crippen LogP contribution < -0.4 is 5.32 Å². The van der Waals surface area contributed by atoms with E-state index in [2.05, 4.69) is 5.32 Å². The molecule has 1 aromatic rings. The van der Waals surface area contributed by atoms with Crippen molar-refractivity contribution >= 4 is 5.69 Å². The van der Waals surface area contributed by atoms with E-state index in [0.29, 0.717) is 5.69 Å². The number of hydrogen-bond donors (Lipinski definition) is 2. The van der Waals surface area contributed by atoms with Crippen molar-refractivity contribution in [3.05, 3.63) is 48.8 Å². The van der Waals surface area contributed by atoms with Crippen molar-refractivity contribution in [2.24, 2.45) is 0 Å². The predicted molar refractivity (Wildman–Crippen MR) is 54.9 cm³/mol. The zero-order valence-electron chi connectivity index (χ0n) is 7.55. The van der Waals surface area contributed by atoms with Crippen LogP contribution in [-0.4, -0.2) is 11.3 Å². The Morgan fingerprint density at radius 1 is 1.21 bits per heavy atom. The van der Waals surface area contributed by atoms with Crippen LogP contribution in [0.3, 0.4) is 0 Å². The van der Waals surface area contributed by atoms with Crippen LogP contribution in [0.15, 0.2) is 48.8 Å². The van der Waals surface area contributed by atoms with Crippen LogP contribution in [0.2, 0.25) is 0 Å². The van der Waals surface area contributed by atoms with E-state index in [-0.39, 0.29) is 12.0 Å². The maximum absolute atomic E-state index is 9.48. The van der Waals surface area contributed by atoms with E-state index in [1.165, 1.54) is 0 Å². The zero-order chi connectivity index (χ0) is 9.80. The summed E-state index contributed by atoms with van der Waals surface area (Å²) >= 11 is 0. The van der Waals surface area contributed by atoms with E-state index in [4.69, 9.17) is 4.74 Å². The molecular weight excluding hydrogens is 178 g/mol. The fourth-order valence-electron chi connectivity index (χ4n) is 1.22. The van der Waals surface area contributed by atoms with E-state index in [1.807, 2.05) is 24.3 Å². The second-order valence-corrected chi connectivity index (χ2v) is 2.93. The van der Waals surface area contributed by atoms with Crippen molar-refractivity contribution in [2.75, 3.05) is 5.32 Å². The van der Waals surface area contributed by atoms with Gasteiger partial charge in [0.15, 0.2) is 6.23 Å². The molecule has 1 atom stereocenters. The minimum absolute atomic E-state index is 0.215. The third-order valence-electron chi connectivity index (χ3n) is 1.90. The predicted octanol–water partition coefficient (Wildman–Crippen LogP) is 2.23. The topological polar surface area (TPSA) is 41.5 Å². The number of anilines is 1. The number of allylic oxidation sites excluding steroid dienone is 2. The summed E-state index contributed by atoms with van der Waals surface area (Å²) in [5.74, 6) is 0.221. The Hall–Kier alpha value is -1.90. The fraction of sp³-hybridized carbons (Fsp3) is 0.0909. The highest BCUT2D eigenvalue weighted by atomic mass is 16.5. The Morgan fingerprint density at radius 3 is 2.79 bits per heavy atom. The van der Waals surface area contributed by atoms with E-state index in [1.54, 1.807) is 24.5 Å². The minimum atomic E-state index is -0.215. The largest absolute Gasteiger partial charge is 0.506 e. The Balaban J connectivity index is 2.07. The van der Waals surface area contributed by atoms with E-state index in [9.17, 15) is 5.11 Å². The van der Waals surface area contributed by atoms with Gasteiger partial charge in [0.05, 0.1) is 11.9 Å². The highest BCUT2D eigenvalue weighted by Gasteiger charge is 2.07. The first kappa shape index (κ1) is 8.69. The lowest BCUT2D eigenvalue weighted by Gasteiger charge is -2.18. The van der Waals surface area contributed by atoms with Gasteiger partial charge in [-0.25, -0.2) is 0 Å². The Kier molecular flexibility index (Phi) is 2.40. The van der Waals surface area contributed by atoms with Crippen molar-refractivity contribution in [3.63, 3.8) is 0 Å². The number of phenolic OH excluding ortho intramolecular Hbond substituents is 1. The summed E-state index contributed by atoms with van der Waals surface area (Å²) in [6.07, 6.45) is 6.96. The van der Waals surface area contributed by atoms with Gasteiger partial charge < -0.3 is 15.2 Å². The summed E-state index contributed by atoms with van der Waals surface area (Å²) in [5.41, 5.74) is 0.664. The van der Waals surface area contributed by atoms with Gasteiger partial charge in [0.2, 0.25) is 0 Å². The normalized spacial score (nSPS) is 19.0. The van der Waals surface area contributed by atoms with Crippen LogP contribution in [0.5, 0.6) is 5.75 Å². The smallest absolute Gasteiger partial charge is 0.188 e. The minimum Gasteiger partial charge on any atom is -0.506 e. The average Bonchev–Trinajstić information content (AvgIpc) is 2.23. The van der Waals surface area contributed by atoms with Gasteiger partial charge in [-0.3, -0.25) is 0 Å². The number of rotatable bonds is 2. The first-order valence-electron chi connectivity index (χ1n) is 4.39. The van der Waals surface area contributed by atoms with Gasteiger partial charge in [0.1, 0.15) is 5.75 Å². The van der Waals surface area contributed by atoms with Crippen LogP contribution in [0.1, 0.15) is 0 Å². The number of ether oxygens (including phenoxy) is 1. The SMILES string of the molecule is Oc1ccccc1NC1C=CC=CO1. The fourth-order valence-corrected chi connectivity index (χ4v) is 1.22. The lowest BCUT2D eigenvalue weighted by molar-refractivity contribution is 0.207. The molecule has 0 aromatic heterocycles. The number of aromatic hydroxyl groups is 1. The molecule has 0 spiro atoms. The molecule has 1 unspecified atom stereocenters. The summed E-state index contributed by atoms with van der Waals surface area (Å²) in [6, 6.07) is 7.05. The Morgan fingerprint density at radius 2 is 2.07 bits per heavy atom. The molecular formula is C11H11NO2. The molecule has 0 bridgehead atoms. The highest BCUT2D eigenvalue weighted by Crippen LogP contribution is 2.23. The van der Waals surface area contributed by atoms with Crippen molar-refractivity contribution in [3.8, 4) is 5.75 Å². The maximum Gasteiger partial charge on any atom is 0.188 e. The van der Waals surface area contributed by atoms with Crippen LogP contribution in [0, 0.1) is 0 Å². The first-order chi connectivity index (χ1) is 6.86.